The van der Waals surface area contributed by atoms with E-state index in [-0.39, 0.29) is 11.9 Å². The summed E-state index contributed by atoms with van der Waals surface area (Å²) in [5.41, 5.74) is 3.34. The fraction of sp³-hybridized carbons (Fsp3) is 0.455. The van der Waals surface area contributed by atoms with Gasteiger partial charge in [0.25, 0.3) is 0 Å². The number of hydroxylamine groups is 1. The average molecular weight is 290 g/mol. The largest absolute Gasteiger partial charge is 0.492 e. The normalized spacial score (nSPS) is 19.8. The van der Waals surface area contributed by atoms with E-state index in [1.54, 1.807) is 6.07 Å². The summed E-state index contributed by atoms with van der Waals surface area (Å²) in [7, 11) is 1.53. The van der Waals surface area contributed by atoms with Gasteiger partial charge in [0.1, 0.15) is 11.6 Å². The standard InChI is InChI=1S/C11H13BrFNO2/c1-15-14-9-3-2-6-16-11-7(12)4-5-8(13)10(9)11/h4-5,9,14H,2-3,6H2,1H3. The molecule has 0 radical (unpaired) electrons. The van der Waals surface area contributed by atoms with E-state index < -0.39 is 0 Å². The van der Waals surface area contributed by atoms with E-state index in [1.807, 2.05) is 0 Å². The fourth-order valence-corrected chi connectivity index (χ4v) is 2.35. The van der Waals surface area contributed by atoms with Crippen LogP contribution in [0.5, 0.6) is 5.75 Å². The van der Waals surface area contributed by atoms with Gasteiger partial charge in [-0.3, -0.25) is 0 Å². The first-order valence-electron chi connectivity index (χ1n) is 5.13. The first-order valence-corrected chi connectivity index (χ1v) is 5.92. The lowest BCUT2D eigenvalue weighted by molar-refractivity contribution is 0.0569. The highest BCUT2D eigenvalue weighted by atomic mass is 79.9. The molecular formula is C11H13BrFNO2. The highest BCUT2D eigenvalue weighted by Gasteiger charge is 2.25. The minimum atomic E-state index is -0.269. The number of nitrogens with one attached hydrogen (secondary N) is 1. The van der Waals surface area contributed by atoms with Gasteiger partial charge >= 0.3 is 0 Å². The second kappa shape index (κ2) is 5.12. The second-order valence-electron chi connectivity index (χ2n) is 3.64. The molecule has 1 aromatic rings. The predicted octanol–water partition coefficient (Wildman–Crippen LogP) is 2.95. The molecule has 1 unspecified atom stereocenters. The highest BCUT2D eigenvalue weighted by molar-refractivity contribution is 9.10. The van der Waals surface area contributed by atoms with Gasteiger partial charge in [0.15, 0.2) is 0 Å². The first kappa shape index (κ1) is 11.8. The van der Waals surface area contributed by atoms with Crippen molar-refractivity contribution >= 4 is 15.9 Å². The van der Waals surface area contributed by atoms with E-state index in [2.05, 4.69) is 21.4 Å². The molecule has 88 valence electrons. The molecule has 1 aromatic carbocycles. The zero-order chi connectivity index (χ0) is 11.5. The molecule has 0 spiro atoms. The van der Waals surface area contributed by atoms with E-state index in [1.165, 1.54) is 13.2 Å². The van der Waals surface area contributed by atoms with Crippen LogP contribution in [-0.4, -0.2) is 13.7 Å². The van der Waals surface area contributed by atoms with Crippen LogP contribution < -0.4 is 10.2 Å². The third-order valence-corrected chi connectivity index (χ3v) is 3.21. The van der Waals surface area contributed by atoms with Gasteiger partial charge in [-0.25, -0.2) is 4.39 Å². The summed E-state index contributed by atoms with van der Waals surface area (Å²) in [6.07, 6.45) is 1.65. The maximum atomic E-state index is 13.8. The summed E-state index contributed by atoms with van der Waals surface area (Å²) in [5.74, 6) is 0.307. The first-order chi connectivity index (χ1) is 7.74. The smallest absolute Gasteiger partial charge is 0.141 e. The Labute approximate surface area is 102 Å². The molecular weight excluding hydrogens is 277 g/mol. The van der Waals surface area contributed by atoms with Crippen LogP contribution in [0.4, 0.5) is 4.39 Å². The molecule has 1 atom stereocenters. The van der Waals surface area contributed by atoms with Crippen molar-refractivity contribution in [1.82, 2.24) is 5.48 Å². The topological polar surface area (TPSA) is 30.5 Å². The lowest BCUT2D eigenvalue weighted by Gasteiger charge is -2.18. The molecule has 0 aliphatic carbocycles. The summed E-state index contributed by atoms with van der Waals surface area (Å²) < 4.78 is 20.1. The number of benzene rings is 1. The number of hydrogen-bond acceptors (Lipinski definition) is 3. The minimum Gasteiger partial charge on any atom is -0.492 e. The number of rotatable bonds is 2. The Bertz CT molecular complexity index is 386. The van der Waals surface area contributed by atoms with Crippen molar-refractivity contribution in [3.63, 3.8) is 0 Å². The molecule has 5 heteroatoms. The van der Waals surface area contributed by atoms with Crippen LogP contribution in [0.25, 0.3) is 0 Å². The van der Waals surface area contributed by atoms with Gasteiger partial charge in [-0.2, -0.15) is 5.48 Å². The number of halogens is 2. The van der Waals surface area contributed by atoms with Crippen molar-refractivity contribution in [3.8, 4) is 5.75 Å². The average Bonchev–Trinajstić information content (AvgIpc) is 2.48. The van der Waals surface area contributed by atoms with Crippen molar-refractivity contribution in [2.45, 2.75) is 18.9 Å². The maximum Gasteiger partial charge on any atom is 0.141 e. The van der Waals surface area contributed by atoms with E-state index in [0.717, 1.165) is 17.3 Å². The second-order valence-corrected chi connectivity index (χ2v) is 4.49. The molecule has 0 fully saturated rings. The molecule has 1 N–H and O–H groups in total. The van der Waals surface area contributed by atoms with Crippen molar-refractivity contribution in [2.24, 2.45) is 0 Å². The third kappa shape index (κ3) is 2.21. The minimum absolute atomic E-state index is 0.167. The van der Waals surface area contributed by atoms with Crippen molar-refractivity contribution in [2.75, 3.05) is 13.7 Å². The quantitative estimate of drug-likeness (QED) is 0.849. The molecule has 1 aliphatic rings. The maximum absolute atomic E-state index is 13.8. The van der Waals surface area contributed by atoms with E-state index in [0.29, 0.717) is 17.9 Å². The zero-order valence-corrected chi connectivity index (χ0v) is 10.5. The van der Waals surface area contributed by atoms with Crippen molar-refractivity contribution in [1.29, 1.82) is 0 Å². The lowest BCUT2D eigenvalue weighted by Crippen LogP contribution is -2.20. The predicted molar refractivity (Wildman–Crippen MR) is 61.7 cm³/mol. The summed E-state index contributed by atoms with van der Waals surface area (Å²) in [6.45, 7) is 0.594. The number of ether oxygens (including phenoxy) is 1. The SMILES string of the molecule is CONC1CCCOc2c(Br)ccc(F)c21. The summed E-state index contributed by atoms with van der Waals surface area (Å²) in [5, 5.41) is 0. The van der Waals surface area contributed by atoms with Crippen LogP contribution in [0.1, 0.15) is 24.4 Å². The zero-order valence-electron chi connectivity index (χ0n) is 8.93. The summed E-state index contributed by atoms with van der Waals surface area (Å²) in [4.78, 5) is 4.90. The van der Waals surface area contributed by atoms with Crippen LogP contribution in [0, 0.1) is 5.82 Å². The van der Waals surface area contributed by atoms with E-state index in [4.69, 9.17) is 9.57 Å². The molecule has 1 heterocycles. The molecule has 0 saturated heterocycles. The van der Waals surface area contributed by atoms with Gasteiger partial charge < -0.3 is 9.57 Å². The van der Waals surface area contributed by atoms with Crippen molar-refractivity contribution in [3.05, 3.63) is 28.0 Å². The van der Waals surface area contributed by atoms with Gasteiger partial charge in [0.05, 0.1) is 29.8 Å². The highest BCUT2D eigenvalue weighted by Crippen LogP contribution is 2.38. The lowest BCUT2D eigenvalue weighted by atomic mass is 10.0. The van der Waals surface area contributed by atoms with Gasteiger partial charge in [-0.15, -0.1) is 0 Å². The molecule has 3 nitrogen and oxygen atoms in total. The van der Waals surface area contributed by atoms with Crippen molar-refractivity contribution < 1.29 is 14.0 Å². The van der Waals surface area contributed by atoms with E-state index >= 15 is 0 Å². The molecule has 0 saturated carbocycles. The Kier molecular flexibility index (Phi) is 3.78. The molecule has 0 aromatic heterocycles. The van der Waals surface area contributed by atoms with Gasteiger partial charge in [0.2, 0.25) is 0 Å². The molecule has 2 rings (SSSR count). The monoisotopic (exact) mass is 289 g/mol. The van der Waals surface area contributed by atoms with Gasteiger partial charge in [0, 0.05) is 0 Å². The Morgan fingerprint density at radius 1 is 1.56 bits per heavy atom. The van der Waals surface area contributed by atoms with Crippen LogP contribution in [0.3, 0.4) is 0 Å². The van der Waals surface area contributed by atoms with Gasteiger partial charge in [-0.1, -0.05) is 0 Å². The Morgan fingerprint density at radius 3 is 3.12 bits per heavy atom. The molecule has 0 bridgehead atoms. The van der Waals surface area contributed by atoms with Crippen LogP contribution in [0.2, 0.25) is 0 Å². The van der Waals surface area contributed by atoms with Crippen LogP contribution >= 0.6 is 15.9 Å². The molecule has 0 amide bonds. The number of fused-ring (bicyclic) bond motifs is 1. The third-order valence-electron chi connectivity index (χ3n) is 2.59. The number of hydrogen-bond donors (Lipinski definition) is 1. The Morgan fingerprint density at radius 2 is 2.38 bits per heavy atom. The summed E-state index contributed by atoms with van der Waals surface area (Å²) in [6, 6.07) is 2.92. The molecule has 16 heavy (non-hydrogen) atoms. The van der Waals surface area contributed by atoms with Crippen LogP contribution in [-0.2, 0) is 4.84 Å². The fourth-order valence-electron chi connectivity index (χ4n) is 1.89. The van der Waals surface area contributed by atoms with Gasteiger partial charge in [-0.05, 0) is 40.9 Å². The summed E-state index contributed by atoms with van der Waals surface area (Å²) >= 11 is 3.37. The van der Waals surface area contributed by atoms with Crippen LogP contribution in [0.15, 0.2) is 16.6 Å². The molecule has 1 aliphatic heterocycles. The van der Waals surface area contributed by atoms with E-state index in [9.17, 15) is 4.39 Å². The Hall–Kier alpha value is -0.650. The Balaban J connectivity index is 2.46.